The zero-order valence-electron chi connectivity index (χ0n) is 8.39. The molecule has 2 heterocycles. The van der Waals surface area contributed by atoms with Crippen molar-refractivity contribution in [2.75, 3.05) is 0 Å². The van der Waals surface area contributed by atoms with E-state index in [4.69, 9.17) is 0 Å². The highest BCUT2D eigenvalue weighted by Crippen LogP contribution is 2.40. The molecule has 1 saturated carbocycles. The van der Waals surface area contributed by atoms with Gasteiger partial charge in [0.05, 0.1) is 10.7 Å². The number of aromatic nitrogens is 2. The maximum Gasteiger partial charge on any atom is 0.0972 e. The largest absolute Gasteiger partial charge is 0.264 e. The first-order valence-electron chi connectivity index (χ1n) is 5.25. The van der Waals surface area contributed by atoms with Crippen LogP contribution in [0, 0.1) is 0 Å². The number of nitrogens with zero attached hydrogens (tertiary/aromatic N) is 2. The Balaban J connectivity index is 1.76. The number of rotatable bonds is 3. The van der Waals surface area contributed by atoms with Crippen molar-refractivity contribution in [2.24, 2.45) is 0 Å². The summed E-state index contributed by atoms with van der Waals surface area (Å²) in [6.07, 6.45) is 7.30. The van der Waals surface area contributed by atoms with Crippen LogP contribution >= 0.6 is 11.3 Å². The second-order valence-corrected chi connectivity index (χ2v) is 4.92. The normalized spacial score (nSPS) is 15.5. The van der Waals surface area contributed by atoms with E-state index in [2.05, 4.69) is 21.4 Å². The summed E-state index contributed by atoms with van der Waals surface area (Å²) in [6.45, 7) is 0. The van der Waals surface area contributed by atoms with Gasteiger partial charge >= 0.3 is 0 Å². The molecular weight excluding hydrogens is 204 g/mol. The van der Waals surface area contributed by atoms with Gasteiger partial charge in [-0.05, 0) is 24.5 Å². The average Bonchev–Trinajstić information content (AvgIpc) is 3.02. The summed E-state index contributed by atoms with van der Waals surface area (Å²) in [7, 11) is 0. The van der Waals surface area contributed by atoms with Crippen molar-refractivity contribution in [3.8, 4) is 0 Å². The van der Waals surface area contributed by atoms with Crippen LogP contribution in [0.3, 0.4) is 0 Å². The van der Waals surface area contributed by atoms with Crippen LogP contribution in [0.5, 0.6) is 0 Å². The predicted molar refractivity (Wildman–Crippen MR) is 61.1 cm³/mol. The van der Waals surface area contributed by atoms with Gasteiger partial charge < -0.3 is 0 Å². The fourth-order valence-electron chi connectivity index (χ4n) is 1.65. The summed E-state index contributed by atoms with van der Waals surface area (Å²) in [5, 5.41) is 3.42. The molecule has 0 radical (unpaired) electrons. The molecule has 0 saturated heterocycles. The molecule has 76 valence electrons. The molecular formula is C12H12N2S. The number of hydrogen-bond donors (Lipinski definition) is 0. The van der Waals surface area contributed by atoms with Crippen LogP contribution in [-0.4, -0.2) is 9.97 Å². The first-order valence-corrected chi connectivity index (χ1v) is 6.13. The van der Waals surface area contributed by atoms with Gasteiger partial charge in [-0.3, -0.25) is 4.98 Å². The minimum atomic E-state index is 0.767. The van der Waals surface area contributed by atoms with Gasteiger partial charge in [-0.2, -0.15) is 0 Å². The molecule has 0 aliphatic heterocycles. The lowest BCUT2D eigenvalue weighted by molar-refractivity contribution is 1.00. The molecule has 1 aliphatic rings. The first-order chi connectivity index (χ1) is 7.42. The molecule has 0 aromatic carbocycles. The van der Waals surface area contributed by atoms with Crippen LogP contribution in [0.1, 0.15) is 35.0 Å². The highest BCUT2D eigenvalue weighted by molar-refractivity contribution is 7.09. The monoisotopic (exact) mass is 216 g/mol. The zero-order valence-corrected chi connectivity index (χ0v) is 9.20. The van der Waals surface area contributed by atoms with Gasteiger partial charge in [0, 0.05) is 30.1 Å². The van der Waals surface area contributed by atoms with Crippen molar-refractivity contribution >= 4 is 11.3 Å². The van der Waals surface area contributed by atoms with E-state index in [0.29, 0.717) is 0 Å². The van der Waals surface area contributed by atoms with Crippen molar-refractivity contribution in [3.05, 3.63) is 46.2 Å². The SMILES string of the molecule is c1cncc(Cc2nc(C3CC3)cs2)c1. The van der Waals surface area contributed by atoms with Gasteiger partial charge in [-0.1, -0.05) is 6.07 Å². The fraction of sp³-hybridized carbons (Fsp3) is 0.333. The van der Waals surface area contributed by atoms with Crippen molar-refractivity contribution in [3.63, 3.8) is 0 Å². The molecule has 2 aromatic rings. The summed E-state index contributed by atoms with van der Waals surface area (Å²) in [4.78, 5) is 8.77. The third-order valence-corrected chi connectivity index (χ3v) is 3.51. The quantitative estimate of drug-likeness (QED) is 0.788. The summed E-state index contributed by atoms with van der Waals surface area (Å²) in [5.74, 6) is 0.767. The van der Waals surface area contributed by atoms with Crippen LogP contribution < -0.4 is 0 Å². The lowest BCUT2D eigenvalue weighted by Gasteiger charge is -1.95. The van der Waals surface area contributed by atoms with Crippen LogP contribution in [0.2, 0.25) is 0 Å². The standard InChI is InChI=1S/C12H12N2S/c1-2-9(7-13-5-1)6-12-14-11(8-15-12)10-3-4-10/h1-2,5,7-8,10H,3-4,6H2. The Labute approximate surface area is 93.0 Å². The van der Waals surface area contributed by atoms with E-state index in [1.807, 2.05) is 12.3 Å². The molecule has 0 atom stereocenters. The molecule has 1 fully saturated rings. The maximum absolute atomic E-state index is 4.66. The minimum absolute atomic E-state index is 0.767. The van der Waals surface area contributed by atoms with E-state index in [0.717, 1.165) is 12.3 Å². The number of pyridine rings is 1. The van der Waals surface area contributed by atoms with E-state index in [9.17, 15) is 0 Å². The highest BCUT2D eigenvalue weighted by atomic mass is 32.1. The van der Waals surface area contributed by atoms with Crippen LogP contribution in [0.25, 0.3) is 0 Å². The summed E-state index contributed by atoms with van der Waals surface area (Å²) in [5.41, 5.74) is 2.55. The van der Waals surface area contributed by atoms with E-state index in [-0.39, 0.29) is 0 Å². The number of hydrogen-bond acceptors (Lipinski definition) is 3. The third-order valence-electron chi connectivity index (χ3n) is 2.64. The number of thiazole rings is 1. The topological polar surface area (TPSA) is 25.8 Å². The molecule has 2 nitrogen and oxygen atoms in total. The van der Waals surface area contributed by atoms with Gasteiger partial charge in [0.1, 0.15) is 0 Å². The Morgan fingerprint density at radius 3 is 3.07 bits per heavy atom. The Morgan fingerprint density at radius 2 is 2.33 bits per heavy atom. The van der Waals surface area contributed by atoms with Gasteiger partial charge in [0.15, 0.2) is 0 Å². The zero-order chi connectivity index (χ0) is 10.1. The molecule has 15 heavy (non-hydrogen) atoms. The van der Waals surface area contributed by atoms with Gasteiger partial charge in [-0.15, -0.1) is 11.3 Å². The molecule has 0 amide bonds. The predicted octanol–water partition coefficient (Wildman–Crippen LogP) is 3.01. The molecule has 2 aromatic heterocycles. The molecule has 3 rings (SSSR count). The Morgan fingerprint density at radius 1 is 1.40 bits per heavy atom. The summed E-state index contributed by atoms with van der Waals surface area (Å²) >= 11 is 1.77. The fourth-order valence-corrected chi connectivity index (χ4v) is 2.56. The lowest BCUT2D eigenvalue weighted by Crippen LogP contribution is -1.88. The third kappa shape index (κ3) is 2.07. The second-order valence-electron chi connectivity index (χ2n) is 3.98. The van der Waals surface area contributed by atoms with Gasteiger partial charge in [-0.25, -0.2) is 4.98 Å². The van der Waals surface area contributed by atoms with E-state index in [1.165, 1.54) is 29.1 Å². The Hall–Kier alpha value is -1.22. The minimum Gasteiger partial charge on any atom is -0.264 e. The van der Waals surface area contributed by atoms with Crippen LogP contribution in [0.4, 0.5) is 0 Å². The molecule has 0 bridgehead atoms. The summed E-state index contributed by atoms with van der Waals surface area (Å²) in [6, 6.07) is 4.08. The van der Waals surface area contributed by atoms with Crippen molar-refractivity contribution in [1.82, 2.24) is 9.97 Å². The van der Waals surface area contributed by atoms with E-state index < -0.39 is 0 Å². The lowest BCUT2D eigenvalue weighted by atomic mass is 10.2. The van der Waals surface area contributed by atoms with Crippen molar-refractivity contribution < 1.29 is 0 Å². The smallest absolute Gasteiger partial charge is 0.0972 e. The van der Waals surface area contributed by atoms with Crippen molar-refractivity contribution in [1.29, 1.82) is 0 Å². The molecule has 1 aliphatic carbocycles. The van der Waals surface area contributed by atoms with E-state index in [1.54, 1.807) is 17.5 Å². The van der Waals surface area contributed by atoms with Gasteiger partial charge in [0.2, 0.25) is 0 Å². The Bertz CT molecular complexity index is 446. The van der Waals surface area contributed by atoms with Crippen molar-refractivity contribution in [2.45, 2.75) is 25.2 Å². The summed E-state index contributed by atoms with van der Waals surface area (Å²) < 4.78 is 0. The molecule has 0 spiro atoms. The molecule has 0 N–H and O–H groups in total. The van der Waals surface area contributed by atoms with Gasteiger partial charge in [0.25, 0.3) is 0 Å². The average molecular weight is 216 g/mol. The van der Waals surface area contributed by atoms with Crippen LogP contribution in [-0.2, 0) is 6.42 Å². The molecule has 3 heteroatoms. The first kappa shape index (κ1) is 9.04. The van der Waals surface area contributed by atoms with E-state index >= 15 is 0 Å². The molecule has 0 unspecified atom stereocenters. The Kier molecular flexibility index (Phi) is 2.25. The second kappa shape index (κ2) is 3.74. The van der Waals surface area contributed by atoms with Crippen LogP contribution in [0.15, 0.2) is 29.9 Å². The highest BCUT2D eigenvalue weighted by Gasteiger charge is 2.25. The maximum atomic E-state index is 4.66.